The van der Waals surface area contributed by atoms with Crippen LogP contribution < -0.4 is 0 Å². The van der Waals surface area contributed by atoms with Crippen molar-refractivity contribution in [1.29, 1.82) is 0 Å². The second kappa shape index (κ2) is 9.47. The number of para-hydroxylation sites is 1. The molecular weight excluding hydrogens is 428 g/mol. The van der Waals surface area contributed by atoms with E-state index in [1.807, 2.05) is 6.07 Å². The lowest BCUT2D eigenvalue weighted by Crippen LogP contribution is -2.60. The second-order valence-corrected chi connectivity index (χ2v) is 10.3. The van der Waals surface area contributed by atoms with Gasteiger partial charge in [-0.15, -0.1) is 0 Å². The van der Waals surface area contributed by atoms with Gasteiger partial charge in [-0.2, -0.15) is 0 Å². The number of nitrogens with zero attached hydrogens (tertiary/aromatic N) is 1. The van der Waals surface area contributed by atoms with E-state index in [0.717, 1.165) is 51.6 Å². The molecule has 1 saturated heterocycles. The van der Waals surface area contributed by atoms with Gasteiger partial charge in [-0.05, 0) is 67.8 Å². The number of carbonyl (C=O) groups is 1. The van der Waals surface area contributed by atoms with E-state index in [1.54, 1.807) is 0 Å². The molecule has 0 spiro atoms. The first kappa shape index (κ1) is 22.3. The number of hydrogen-bond acceptors (Lipinski definition) is 2. The first-order chi connectivity index (χ1) is 17.3. The number of hydrogen-bond donors (Lipinski definition) is 1. The van der Waals surface area contributed by atoms with E-state index in [1.165, 1.54) is 33.3 Å². The van der Waals surface area contributed by atoms with E-state index >= 15 is 0 Å². The van der Waals surface area contributed by atoms with E-state index in [9.17, 15) is 4.79 Å². The molecule has 1 N–H and O–H groups in total. The molecule has 0 aliphatic carbocycles. The zero-order valence-corrected chi connectivity index (χ0v) is 20.4. The quantitative estimate of drug-likeness (QED) is 0.342. The van der Waals surface area contributed by atoms with Crippen molar-refractivity contribution in [2.24, 2.45) is 5.92 Å². The van der Waals surface area contributed by atoms with Crippen molar-refractivity contribution in [1.82, 2.24) is 9.88 Å². The summed E-state index contributed by atoms with van der Waals surface area (Å²) in [5.41, 5.74) is 6.31. The highest BCUT2D eigenvalue weighted by Crippen LogP contribution is 2.50. The highest BCUT2D eigenvalue weighted by Gasteiger charge is 2.53. The van der Waals surface area contributed by atoms with E-state index < -0.39 is 0 Å². The molecule has 178 valence electrons. The van der Waals surface area contributed by atoms with Crippen LogP contribution in [0.15, 0.2) is 84.9 Å². The number of nitrogens with one attached hydrogen (secondary N) is 1. The second-order valence-electron chi connectivity index (χ2n) is 10.3. The van der Waals surface area contributed by atoms with Crippen LogP contribution in [0.3, 0.4) is 0 Å². The number of piperidine rings is 1. The smallest absolute Gasteiger partial charge is 0.138 e. The number of carbonyl (C=O) groups excluding carboxylic acids is 1. The minimum absolute atomic E-state index is 0.0239. The highest BCUT2D eigenvalue weighted by atomic mass is 16.1. The van der Waals surface area contributed by atoms with Crippen LogP contribution in [0.4, 0.5) is 0 Å². The third-order valence-electron chi connectivity index (χ3n) is 8.47. The maximum absolute atomic E-state index is 14.0. The monoisotopic (exact) mass is 462 g/mol. The average molecular weight is 463 g/mol. The molecule has 2 unspecified atom stereocenters. The summed E-state index contributed by atoms with van der Waals surface area (Å²) in [6.07, 6.45) is 6.53. The first-order valence-electron chi connectivity index (χ1n) is 13.2. The van der Waals surface area contributed by atoms with Gasteiger partial charge in [0.05, 0.1) is 5.54 Å². The number of H-pyrrole nitrogens is 1. The average Bonchev–Trinajstić information content (AvgIpc) is 3.31. The van der Waals surface area contributed by atoms with Crippen LogP contribution in [0.5, 0.6) is 0 Å². The molecular formula is C32H34N2O. The Kier molecular flexibility index (Phi) is 6.03. The summed E-state index contributed by atoms with van der Waals surface area (Å²) < 4.78 is 0. The Morgan fingerprint density at radius 2 is 1.54 bits per heavy atom. The Morgan fingerprint density at radius 1 is 0.857 bits per heavy atom. The van der Waals surface area contributed by atoms with Gasteiger partial charge in [0.2, 0.25) is 0 Å². The summed E-state index contributed by atoms with van der Waals surface area (Å²) >= 11 is 0. The lowest BCUT2D eigenvalue weighted by Gasteiger charge is -2.54. The molecule has 0 saturated carbocycles. The molecule has 3 nitrogen and oxygen atoms in total. The van der Waals surface area contributed by atoms with E-state index in [0.29, 0.717) is 12.2 Å². The van der Waals surface area contributed by atoms with Crippen molar-refractivity contribution in [3.8, 4) is 0 Å². The topological polar surface area (TPSA) is 36.1 Å². The maximum atomic E-state index is 14.0. The summed E-state index contributed by atoms with van der Waals surface area (Å²) in [5, 5.41) is 1.34. The van der Waals surface area contributed by atoms with Gasteiger partial charge in [0.25, 0.3) is 0 Å². The molecule has 3 aromatic carbocycles. The van der Waals surface area contributed by atoms with Crippen LogP contribution in [0.1, 0.15) is 48.1 Å². The van der Waals surface area contributed by atoms with Crippen molar-refractivity contribution in [3.05, 3.63) is 107 Å². The molecule has 0 bridgehead atoms. The molecule has 3 heteroatoms. The third kappa shape index (κ3) is 4.02. The van der Waals surface area contributed by atoms with Gasteiger partial charge in [0.15, 0.2) is 0 Å². The lowest BCUT2D eigenvalue weighted by molar-refractivity contribution is -0.134. The minimum Gasteiger partial charge on any atom is -0.357 e. The fourth-order valence-electron chi connectivity index (χ4n) is 6.82. The molecule has 3 heterocycles. The minimum atomic E-state index is -0.255. The predicted molar refractivity (Wildman–Crippen MR) is 143 cm³/mol. The molecule has 35 heavy (non-hydrogen) atoms. The summed E-state index contributed by atoms with van der Waals surface area (Å²) in [5.74, 6) is 0.453. The van der Waals surface area contributed by atoms with Crippen LogP contribution in [0.2, 0.25) is 0 Å². The molecule has 2 aliphatic heterocycles. The predicted octanol–water partition coefficient (Wildman–Crippen LogP) is 6.47. The number of aryl methyl sites for hydroxylation is 2. The van der Waals surface area contributed by atoms with E-state index in [2.05, 4.69) is 88.7 Å². The third-order valence-corrected chi connectivity index (χ3v) is 8.47. The largest absolute Gasteiger partial charge is 0.357 e. The number of aromatic amines is 1. The van der Waals surface area contributed by atoms with Gasteiger partial charge in [-0.1, -0.05) is 78.9 Å². The number of benzene rings is 3. The van der Waals surface area contributed by atoms with Crippen LogP contribution >= 0.6 is 0 Å². The van der Waals surface area contributed by atoms with Crippen LogP contribution in [0.25, 0.3) is 10.9 Å². The summed E-state index contributed by atoms with van der Waals surface area (Å²) in [6.45, 7) is 2.11. The Morgan fingerprint density at radius 3 is 2.31 bits per heavy atom. The Balaban J connectivity index is 1.41. The standard InChI is InChI=1S/C32H34N2O/c35-30(18-17-24-10-3-1-4-11-24)28-15-9-22-34-23-20-27-26-14-7-8-16-29(26)33-31(27)32(28,34)21-19-25-12-5-2-6-13-25/h1-8,10-14,16,28,33H,9,15,17-23H2. The molecule has 4 aromatic rings. The summed E-state index contributed by atoms with van der Waals surface area (Å²) in [7, 11) is 0. The molecule has 2 aliphatic rings. The highest BCUT2D eigenvalue weighted by molar-refractivity contribution is 5.87. The summed E-state index contributed by atoms with van der Waals surface area (Å²) in [4.78, 5) is 20.6. The van der Waals surface area contributed by atoms with Gasteiger partial charge >= 0.3 is 0 Å². The fraction of sp³-hybridized carbons (Fsp3) is 0.344. The van der Waals surface area contributed by atoms with E-state index in [4.69, 9.17) is 0 Å². The van der Waals surface area contributed by atoms with Crippen molar-refractivity contribution in [2.45, 2.75) is 50.5 Å². The number of ketones is 1. The number of aromatic nitrogens is 1. The van der Waals surface area contributed by atoms with E-state index in [-0.39, 0.29) is 11.5 Å². The lowest BCUT2D eigenvalue weighted by atomic mass is 9.66. The van der Waals surface area contributed by atoms with Gasteiger partial charge < -0.3 is 4.98 Å². The first-order valence-corrected chi connectivity index (χ1v) is 13.2. The van der Waals surface area contributed by atoms with Crippen LogP contribution in [0, 0.1) is 5.92 Å². The van der Waals surface area contributed by atoms with Gasteiger partial charge in [0, 0.05) is 35.5 Å². The zero-order valence-electron chi connectivity index (χ0n) is 20.4. The van der Waals surface area contributed by atoms with Crippen molar-refractivity contribution in [2.75, 3.05) is 13.1 Å². The zero-order chi connectivity index (χ0) is 23.7. The van der Waals surface area contributed by atoms with Crippen LogP contribution in [-0.2, 0) is 29.6 Å². The fourth-order valence-corrected chi connectivity index (χ4v) is 6.82. The Hall–Kier alpha value is -3.17. The molecule has 0 radical (unpaired) electrons. The van der Waals surface area contributed by atoms with Crippen molar-refractivity contribution in [3.63, 3.8) is 0 Å². The number of fused-ring (bicyclic) bond motifs is 5. The van der Waals surface area contributed by atoms with Crippen LogP contribution in [-0.4, -0.2) is 28.8 Å². The van der Waals surface area contributed by atoms with Gasteiger partial charge in [-0.3, -0.25) is 9.69 Å². The number of Topliss-reactive ketones (excluding diaryl/α,β-unsaturated/α-hetero) is 1. The maximum Gasteiger partial charge on any atom is 0.138 e. The molecule has 1 aromatic heterocycles. The Bertz CT molecular complexity index is 1310. The van der Waals surface area contributed by atoms with Crippen molar-refractivity contribution >= 4 is 16.7 Å². The Labute approximate surface area is 208 Å². The molecule has 0 amide bonds. The SMILES string of the molecule is O=C(CCc1ccccc1)C1CCCN2CCc3c([nH]c4ccccc34)C12CCc1ccccc1. The number of rotatable bonds is 7. The summed E-state index contributed by atoms with van der Waals surface area (Å²) in [6, 6.07) is 30.0. The molecule has 2 atom stereocenters. The van der Waals surface area contributed by atoms with Gasteiger partial charge in [-0.25, -0.2) is 0 Å². The normalized spacial score (nSPS) is 22.0. The van der Waals surface area contributed by atoms with Gasteiger partial charge in [0.1, 0.15) is 5.78 Å². The molecule has 1 fully saturated rings. The molecule has 6 rings (SSSR count). The van der Waals surface area contributed by atoms with Crippen molar-refractivity contribution < 1.29 is 4.79 Å².